The van der Waals surface area contributed by atoms with Crippen LogP contribution in [-0.2, 0) is 7.05 Å². The molecule has 0 spiro atoms. The number of aromatic amines is 1. The standard InChI is InChI=1S/C15H16N10/c1-23-13-11(7-21-23)15(19-9-17-13)25-4-2-24(3-5-25)14-10-6-20-22-12(10)16-8-18-14/h6-9H,2-5H2,1H3,(H,16,18,20,22). The summed E-state index contributed by atoms with van der Waals surface area (Å²) in [6.07, 6.45) is 6.79. The van der Waals surface area contributed by atoms with Gasteiger partial charge in [0.15, 0.2) is 11.3 Å². The van der Waals surface area contributed by atoms with Gasteiger partial charge in [0.25, 0.3) is 0 Å². The van der Waals surface area contributed by atoms with E-state index in [1.54, 1.807) is 23.5 Å². The molecule has 0 atom stereocenters. The van der Waals surface area contributed by atoms with Crippen LogP contribution in [0.5, 0.6) is 0 Å². The van der Waals surface area contributed by atoms with Crippen LogP contribution >= 0.6 is 0 Å². The van der Waals surface area contributed by atoms with E-state index in [1.165, 1.54) is 0 Å². The van der Waals surface area contributed by atoms with Crippen molar-refractivity contribution in [2.24, 2.45) is 7.05 Å². The average Bonchev–Trinajstić information content (AvgIpc) is 3.28. The Morgan fingerprint density at radius 2 is 1.52 bits per heavy atom. The number of nitrogens with zero attached hydrogens (tertiary/aromatic N) is 9. The number of H-pyrrole nitrogens is 1. The highest BCUT2D eigenvalue weighted by Crippen LogP contribution is 2.26. The summed E-state index contributed by atoms with van der Waals surface area (Å²) in [5.41, 5.74) is 1.61. The van der Waals surface area contributed by atoms with E-state index in [-0.39, 0.29) is 0 Å². The van der Waals surface area contributed by atoms with E-state index < -0.39 is 0 Å². The molecule has 10 nitrogen and oxygen atoms in total. The molecular formula is C15H16N10. The Bertz CT molecular complexity index is 1040. The molecule has 25 heavy (non-hydrogen) atoms. The van der Waals surface area contributed by atoms with Crippen molar-refractivity contribution in [1.82, 2.24) is 39.9 Å². The van der Waals surface area contributed by atoms with Gasteiger partial charge in [-0.1, -0.05) is 0 Å². The zero-order valence-electron chi connectivity index (χ0n) is 13.7. The van der Waals surface area contributed by atoms with Gasteiger partial charge >= 0.3 is 0 Å². The molecule has 5 rings (SSSR count). The topological polar surface area (TPSA) is 105 Å². The summed E-state index contributed by atoms with van der Waals surface area (Å²) in [5.74, 6) is 1.86. The molecular weight excluding hydrogens is 320 g/mol. The van der Waals surface area contributed by atoms with Crippen molar-refractivity contribution in [3.05, 3.63) is 25.0 Å². The van der Waals surface area contributed by atoms with Crippen LogP contribution in [0.3, 0.4) is 0 Å². The summed E-state index contributed by atoms with van der Waals surface area (Å²) in [5, 5.41) is 13.2. The van der Waals surface area contributed by atoms with E-state index in [4.69, 9.17) is 0 Å². The Morgan fingerprint density at radius 1 is 0.840 bits per heavy atom. The molecule has 0 amide bonds. The SMILES string of the molecule is Cn1ncc2c(N3CCN(c4ncnc5[nH]ncc45)CC3)ncnc21. The zero-order valence-corrected chi connectivity index (χ0v) is 13.7. The molecule has 0 aromatic carbocycles. The summed E-state index contributed by atoms with van der Waals surface area (Å²) in [6.45, 7) is 3.40. The number of piperazine rings is 1. The predicted octanol–water partition coefficient (Wildman–Crippen LogP) is 0.356. The lowest BCUT2D eigenvalue weighted by Gasteiger charge is -2.36. The smallest absolute Gasteiger partial charge is 0.163 e. The van der Waals surface area contributed by atoms with Gasteiger partial charge in [-0.25, -0.2) is 19.9 Å². The molecule has 4 aromatic rings. The van der Waals surface area contributed by atoms with Gasteiger partial charge in [-0.15, -0.1) is 0 Å². The number of rotatable bonds is 2. The van der Waals surface area contributed by atoms with Crippen molar-refractivity contribution < 1.29 is 0 Å². The van der Waals surface area contributed by atoms with Crippen molar-refractivity contribution in [2.75, 3.05) is 36.0 Å². The normalized spacial score (nSPS) is 15.4. The fourth-order valence-corrected chi connectivity index (χ4v) is 3.34. The van der Waals surface area contributed by atoms with E-state index >= 15 is 0 Å². The van der Waals surface area contributed by atoms with Crippen molar-refractivity contribution in [3.63, 3.8) is 0 Å². The molecule has 0 bridgehead atoms. The molecule has 10 heteroatoms. The quantitative estimate of drug-likeness (QED) is 0.559. The second-order valence-electron chi connectivity index (χ2n) is 6.01. The highest BCUT2D eigenvalue weighted by Gasteiger charge is 2.23. The van der Waals surface area contributed by atoms with Crippen molar-refractivity contribution >= 4 is 33.7 Å². The predicted molar refractivity (Wildman–Crippen MR) is 92.4 cm³/mol. The maximum absolute atomic E-state index is 4.49. The second kappa shape index (κ2) is 5.36. The lowest BCUT2D eigenvalue weighted by molar-refractivity contribution is 0.644. The number of hydrogen-bond donors (Lipinski definition) is 1. The van der Waals surface area contributed by atoms with Crippen LogP contribution in [0.2, 0.25) is 0 Å². The van der Waals surface area contributed by atoms with Crippen LogP contribution in [0.15, 0.2) is 25.0 Å². The maximum Gasteiger partial charge on any atom is 0.163 e. The number of fused-ring (bicyclic) bond motifs is 2. The number of aromatic nitrogens is 8. The van der Waals surface area contributed by atoms with Crippen molar-refractivity contribution in [3.8, 4) is 0 Å². The van der Waals surface area contributed by atoms with Crippen LogP contribution in [-0.4, -0.2) is 66.1 Å². The fraction of sp³-hybridized carbons (Fsp3) is 0.333. The molecule has 0 saturated carbocycles. The lowest BCUT2D eigenvalue weighted by Crippen LogP contribution is -2.47. The second-order valence-corrected chi connectivity index (χ2v) is 6.01. The Balaban J connectivity index is 1.42. The monoisotopic (exact) mass is 336 g/mol. The molecule has 1 N–H and O–H groups in total. The third-order valence-corrected chi connectivity index (χ3v) is 4.61. The van der Waals surface area contributed by atoms with E-state index in [0.717, 1.165) is 59.9 Å². The largest absolute Gasteiger partial charge is 0.352 e. The molecule has 0 unspecified atom stereocenters. The minimum atomic E-state index is 0.764. The average molecular weight is 336 g/mol. The highest BCUT2D eigenvalue weighted by atomic mass is 15.3. The first-order valence-corrected chi connectivity index (χ1v) is 8.08. The van der Waals surface area contributed by atoms with Crippen LogP contribution in [0, 0.1) is 0 Å². The van der Waals surface area contributed by atoms with Crippen LogP contribution in [0.25, 0.3) is 22.1 Å². The summed E-state index contributed by atoms with van der Waals surface area (Å²) >= 11 is 0. The Morgan fingerprint density at radius 3 is 2.28 bits per heavy atom. The van der Waals surface area contributed by atoms with E-state index in [2.05, 4.69) is 45.0 Å². The highest BCUT2D eigenvalue weighted by molar-refractivity contribution is 5.88. The summed E-state index contributed by atoms with van der Waals surface area (Å²) in [6, 6.07) is 0. The van der Waals surface area contributed by atoms with Gasteiger partial charge in [0.05, 0.1) is 23.2 Å². The summed E-state index contributed by atoms with van der Waals surface area (Å²) in [4.78, 5) is 22.0. The van der Waals surface area contributed by atoms with Gasteiger partial charge in [0.1, 0.15) is 24.3 Å². The molecule has 1 fully saturated rings. The minimum absolute atomic E-state index is 0.764. The first-order valence-electron chi connectivity index (χ1n) is 8.08. The Kier molecular flexibility index (Phi) is 3.02. The fourth-order valence-electron chi connectivity index (χ4n) is 3.34. The molecule has 0 aliphatic carbocycles. The van der Waals surface area contributed by atoms with Gasteiger partial charge in [-0.3, -0.25) is 9.78 Å². The molecule has 5 heterocycles. The van der Waals surface area contributed by atoms with Crippen molar-refractivity contribution in [1.29, 1.82) is 0 Å². The third kappa shape index (κ3) is 2.17. The van der Waals surface area contributed by atoms with Gasteiger partial charge in [-0.05, 0) is 0 Å². The Hall–Kier alpha value is -3.30. The first kappa shape index (κ1) is 14.1. The molecule has 1 saturated heterocycles. The van der Waals surface area contributed by atoms with E-state index in [0.29, 0.717) is 0 Å². The van der Waals surface area contributed by atoms with E-state index in [9.17, 15) is 0 Å². The molecule has 1 aliphatic heterocycles. The summed E-state index contributed by atoms with van der Waals surface area (Å²) in [7, 11) is 1.89. The number of hydrogen-bond acceptors (Lipinski definition) is 8. The third-order valence-electron chi connectivity index (χ3n) is 4.61. The van der Waals surface area contributed by atoms with Gasteiger partial charge in [0.2, 0.25) is 0 Å². The number of aryl methyl sites for hydroxylation is 1. The lowest BCUT2D eigenvalue weighted by atomic mass is 10.2. The van der Waals surface area contributed by atoms with Crippen LogP contribution < -0.4 is 9.80 Å². The number of anilines is 2. The molecule has 126 valence electrons. The number of nitrogens with one attached hydrogen (secondary N) is 1. The van der Waals surface area contributed by atoms with Crippen LogP contribution in [0.1, 0.15) is 0 Å². The summed E-state index contributed by atoms with van der Waals surface area (Å²) < 4.78 is 1.77. The molecule has 4 aromatic heterocycles. The van der Waals surface area contributed by atoms with Crippen LogP contribution in [0.4, 0.5) is 11.6 Å². The van der Waals surface area contributed by atoms with Gasteiger partial charge in [0, 0.05) is 33.2 Å². The molecule has 1 aliphatic rings. The van der Waals surface area contributed by atoms with E-state index in [1.807, 2.05) is 13.2 Å². The maximum atomic E-state index is 4.49. The molecule has 0 radical (unpaired) electrons. The van der Waals surface area contributed by atoms with Gasteiger partial charge < -0.3 is 9.80 Å². The first-order chi connectivity index (χ1) is 12.3. The zero-order chi connectivity index (χ0) is 16.8. The van der Waals surface area contributed by atoms with Gasteiger partial charge in [-0.2, -0.15) is 10.2 Å². The van der Waals surface area contributed by atoms with Crippen molar-refractivity contribution in [2.45, 2.75) is 0 Å². The minimum Gasteiger partial charge on any atom is -0.352 e. The Labute approximate surface area is 142 Å².